The molecular formula is C27H47N. The van der Waals surface area contributed by atoms with Crippen LogP contribution in [0.1, 0.15) is 130 Å². The Morgan fingerprint density at radius 1 is 0.821 bits per heavy atom. The average molecular weight is 386 g/mol. The minimum absolute atomic E-state index is 0.0179. The Morgan fingerprint density at radius 2 is 1.39 bits per heavy atom. The molecule has 0 spiro atoms. The smallest absolute Gasteiger partial charge is 0.0689 e. The minimum Gasteiger partial charge on any atom is -0.198 e. The zero-order valence-corrected chi connectivity index (χ0v) is 19.3. The Morgan fingerprint density at radius 3 is 1.93 bits per heavy atom. The summed E-state index contributed by atoms with van der Waals surface area (Å²) in [5.41, 5.74) is 0.544. The lowest BCUT2D eigenvalue weighted by molar-refractivity contribution is 0.0342. The van der Waals surface area contributed by atoms with E-state index in [4.69, 9.17) is 0 Å². The van der Waals surface area contributed by atoms with Crippen LogP contribution in [0, 0.1) is 46.8 Å². The highest BCUT2D eigenvalue weighted by Gasteiger charge is 2.44. The number of nitrogens with zero attached hydrogens (tertiary/aromatic N) is 1. The number of terminal acetylenes is 1. The molecule has 28 heavy (non-hydrogen) atoms. The van der Waals surface area contributed by atoms with Crippen LogP contribution >= 0.6 is 0 Å². The lowest BCUT2D eigenvalue weighted by atomic mass is 9.56. The van der Waals surface area contributed by atoms with Crippen molar-refractivity contribution in [3.05, 3.63) is 0 Å². The first-order chi connectivity index (χ1) is 13.6. The van der Waals surface area contributed by atoms with Crippen LogP contribution < -0.4 is 0 Å². The highest BCUT2D eigenvalue weighted by Crippen LogP contribution is 2.54. The highest BCUT2D eigenvalue weighted by atomic mass is 14.5. The first-order valence-electron chi connectivity index (χ1n) is 12.3. The fourth-order valence-corrected chi connectivity index (χ4v) is 5.83. The fraction of sp³-hybridized carbons (Fsp3) is 0.889. The summed E-state index contributed by atoms with van der Waals surface area (Å²) in [6, 6.07) is 2.78. The Kier molecular flexibility index (Phi) is 11.9. The second kappa shape index (κ2) is 13.3. The summed E-state index contributed by atoms with van der Waals surface area (Å²) in [6.45, 7) is 7.16. The maximum Gasteiger partial charge on any atom is 0.0689 e. The fourth-order valence-electron chi connectivity index (χ4n) is 5.83. The largest absolute Gasteiger partial charge is 0.198 e. The molecule has 0 aromatic heterocycles. The quantitative estimate of drug-likeness (QED) is 0.272. The van der Waals surface area contributed by atoms with E-state index in [0.717, 1.165) is 18.3 Å². The molecule has 0 saturated heterocycles. The highest BCUT2D eigenvalue weighted by molar-refractivity contribution is 5.04. The number of rotatable bonds is 10. The molecule has 0 amide bonds. The van der Waals surface area contributed by atoms with Gasteiger partial charge in [0.25, 0.3) is 0 Å². The van der Waals surface area contributed by atoms with Gasteiger partial charge in [-0.3, -0.25) is 0 Å². The number of hydrogen-bond donors (Lipinski definition) is 0. The predicted octanol–water partition coefficient (Wildman–Crippen LogP) is 8.68. The summed E-state index contributed by atoms with van der Waals surface area (Å²) >= 11 is 0. The van der Waals surface area contributed by atoms with Gasteiger partial charge in [0, 0.05) is 0 Å². The van der Waals surface area contributed by atoms with Gasteiger partial charge in [-0.15, -0.1) is 12.8 Å². The van der Waals surface area contributed by atoms with Crippen LogP contribution in [0.25, 0.3) is 0 Å². The Balaban J connectivity index is 0.00000190. The molecule has 0 radical (unpaired) electrons. The van der Waals surface area contributed by atoms with Gasteiger partial charge in [-0.25, -0.2) is 0 Å². The van der Waals surface area contributed by atoms with Crippen LogP contribution in [0.4, 0.5) is 0 Å². The molecule has 160 valence electrons. The van der Waals surface area contributed by atoms with Crippen LogP contribution in [-0.2, 0) is 0 Å². The van der Waals surface area contributed by atoms with E-state index in [1.807, 2.05) is 0 Å². The van der Waals surface area contributed by atoms with Gasteiger partial charge in [0.2, 0.25) is 0 Å². The molecule has 1 nitrogen and oxygen atoms in total. The molecule has 2 aliphatic rings. The summed E-state index contributed by atoms with van der Waals surface area (Å²) in [7, 11) is 0. The van der Waals surface area contributed by atoms with Crippen LogP contribution in [-0.4, -0.2) is 0 Å². The normalized spacial score (nSPS) is 32.7. The molecule has 0 unspecified atom stereocenters. The van der Waals surface area contributed by atoms with Gasteiger partial charge >= 0.3 is 0 Å². The maximum absolute atomic E-state index is 9.89. The van der Waals surface area contributed by atoms with E-state index in [9.17, 15) is 5.26 Å². The van der Waals surface area contributed by atoms with Crippen molar-refractivity contribution in [2.45, 2.75) is 130 Å². The molecule has 1 heteroatoms. The standard InChI is InChI=1S/C25H45N.C2H2/c1-4-6-8-9-10-16-25(21-26)19-17-24(3,18-20-25)23-14-12-22(13-15-23)11-7-5-2;1-2/h22-23H,4-20H2,1-3H3;1-2H. The van der Waals surface area contributed by atoms with Crippen LogP contribution in [0.15, 0.2) is 0 Å². The molecule has 0 aliphatic heterocycles. The van der Waals surface area contributed by atoms with Gasteiger partial charge < -0.3 is 0 Å². The number of nitriles is 1. The van der Waals surface area contributed by atoms with Crippen molar-refractivity contribution >= 4 is 0 Å². The summed E-state index contributed by atoms with van der Waals surface area (Å²) < 4.78 is 0. The zero-order valence-electron chi connectivity index (χ0n) is 19.3. The monoisotopic (exact) mass is 385 g/mol. The molecule has 0 aromatic carbocycles. The van der Waals surface area contributed by atoms with Crippen molar-refractivity contribution in [2.75, 3.05) is 0 Å². The molecular weight excluding hydrogens is 338 g/mol. The van der Waals surface area contributed by atoms with E-state index in [2.05, 4.69) is 39.7 Å². The predicted molar refractivity (Wildman–Crippen MR) is 123 cm³/mol. The first-order valence-corrected chi connectivity index (χ1v) is 12.3. The Bertz CT molecular complexity index is 452. The lowest BCUT2D eigenvalue weighted by Crippen LogP contribution is -2.38. The maximum atomic E-state index is 9.89. The second-order valence-corrected chi connectivity index (χ2v) is 10.1. The summed E-state index contributed by atoms with van der Waals surface area (Å²) in [4.78, 5) is 0. The van der Waals surface area contributed by atoms with E-state index >= 15 is 0 Å². The lowest BCUT2D eigenvalue weighted by Gasteiger charge is -2.48. The van der Waals surface area contributed by atoms with Gasteiger partial charge in [0.05, 0.1) is 11.5 Å². The van der Waals surface area contributed by atoms with Crippen molar-refractivity contribution < 1.29 is 0 Å². The zero-order chi connectivity index (χ0) is 20.9. The van der Waals surface area contributed by atoms with E-state index in [1.165, 1.54) is 103 Å². The van der Waals surface area contributed by atoms with Crippen molar-refractivity contribution in [1.29, 1.82) is 5.26 Å². The first kappa shape index (κ1) is 25.1. The third-order valence-corrected chi connectivity index (χ3v) is 8.14. The Hall–Kier alpha value is -0.950. The molecule has 0 atom stereocenters. The molecule has 0 bridgehead atoms. The van der Waals surface area contributed by atoms with Gasteiger partial charge in [-0.1, -0.05) is 85.0 Å². The van der Waals surface area contributed by atoms with Crippen LogP contribution in [0.2, 0.25) is 0 Å². The third kappa shape index (κ3) is 7.47. The van der Waals surface area contributed by atoms with Gasteiger partial charge in [-0.05, 0) is 62.2 Å². The molecule has 0 heterocycles. The van der Waals surface area contributed by atoms with Crippen molar-refractivity contribution in [2.24, 2.45) is 22.7 Å². The van der Waals surface area contributed by atoms with Crippen molar-refractivity contribution in [3.63, 3.8) is 0 Å². The van der Waals surface area contributed by atoms with E-state index in [0.29, 0.717) is 5.41 Å². The SMILES string of the molecule is C#C.CCCCCCCC1(C#N)CCC(C)(C2CCC(CCCC)CC2)CC1. The van der Waals surface area contributed by atoms with Gasteiger partial charge in [0.15, 0.2) is 0 Å². The molecule has 2 saturated carbocycles. The Labute approximate surface area is 177 Å². The van der Waals surface area contributed by atoms with E-state index < -0.39 is 0 Å². The number of unbranched alkanes of at least 4 members (excludes halogenated alkanes) is 5. The van der Waals surface area contributed by atoms with Crippen LogP contribution in [0.5, 0.6) is 0 Å². The van der Waals surface area contributed by atoms with E-state index in [-0.39, 0.29) is 5.41 Å². The summed E-state index contributed by atoms with van der Waals surface area (Å²) in [5, 5.41) is 9.89. The van der Waals surface area contributed by atoms with Crippen molar-refractivity contribution in [3.8, 4) is 18.9 Å². The summed E-state index contributed by atoms with van der Waals surface area (Å²) in [6.07, 6.45) is 30.9. The average Bonchev–Trinajstić information content (AvgIpc) is 2.75. The van der Waals surface area contributed by atoms with Gasteiger partial charge in [0.1, 0.15) is 0 Å². The van der Waals surface area contributed by atoms with Crippen LogP contribution in [0.3, 0.4) is 0 Å². The minimum atomic E-state index is 0.0179. The topological polar surface area (TPSA) is 23.8 Å². The number of hydrogen-bond acceptors (Lipinski definition) is 1. The molecule has 0 aromatic rings. The molecule has 2 rings (SSSR count). The summed E-state index contributed by atoms with van der Waals surface area (Å²) in [5.74, 6) is 1.95. The van der Waals surface area contributed by atoms with Crippen molar-refractivity contribution in [1.82, 2.24) is 0 Å². The second-order valence-electron chi connectivity index (χ2n) is 10.1. The van der Waals surface area contributed by atoms with Gasteiger partial charge in [-0.2, -0.15) is 5.26 Å². The van der Waals surface area contributed by atoms with E-state index in [1.54, 1.807) is 0 Å². The molecule has 2 fully saturated rings. The molecule has 0 N–H and O–H groups in total. The molecule has 2 aliphatic carbocycles. The third-order valence-electron chi connectivity index (χ3n) is 8.14.